The maximum Gasteiger partial charge on any atom is 0.313 e. The summed E-state index contributed by atoms with van der Waals surface area (Å²) in [5.74, 6) is -2.82. The van der Waals surface area contributed by atoms with Crippen LogP contribution < -0.4 is 0 Å². The van der Waals surface area contributed by atoms with Gasteiger partial charge in [-0.1, -0.05) is 6.42 Å². The van der Waals surface area contributed by atoms with Crippen LogP contribution in [-0.4, -0.2) is 43.5 Å². The summed E-state index contributed by atoms with van der Waals surface area (Å²) in [6, 6.07) is 0. The van der Waals surface area contributed by atoms with Crippen molar-refractivity contribution in [3.8, 4) is 0 Å². The summed E-state index contributed by atoms with van der Waals surface area (Å²) in [5.41, 5.74) is -0.505. The average Bonchev–Trinajstić information content (AvgIpc) is 2.50. The third-order valence-corrected chi connectivity index (χ3v) is 3.70. The molecule has 0 bridgehead atoms. The lowest BCUT2D eigenvalue weighted by Gasteiger charge is -2.41. The Morgan fingerprint density at radius 3 is 2.44 bits per heavy atom. The van der Waals surface area contributed by atoms with E-state index in [1.807, 2.05) is 0 Å². The molecule has 0 spiro atoms. The Kier molecular flexibility index (Phi) is 2.90. The molecule has 1 aliphatic carbocycles. The molecule has 92 valence electrons. The first-order valence-electron chi connectivity index (χ1n) is 5.66. The van der Waals surface area contributed by atoms with Gasteiger partial charge in [-0.25, -0.2) is 8.78 Å². The van der Waals surface area contributed by atoms with Crippen LogP contribution in [-0.2, 0) is 9.53 Å². The number of ether oxygens (including phenoxy) is 1. The molecule has 0 N–H and O–H groups in total. The Labute approximate surface area is 93.7 Å². The number of alkyl halides is 2. The third kappa shape index (κ3) is 2.05. The summed E-state index contributed by atoms with van der Waals surface area (Å²) >= 11 is 0. The molecule has 1 heterocycles. The number of halogens is 2. The smallest absolute Gasteiger partial charge is 0.313 e. The number of rotatable bonds is 3. The lowest BCUT2D eigenvalue weighted by molar-refractivity contribution is -0.160. The van der Waals surface area contributed by atoms with Crippen LogP contribution in [0.1, 0.15) is 25.7 Å². The van der Waals surface area contributed by atoms with E-state index in [1.165, 1.54) is 7.11 Å². The van der Waals surface area contributed by atoms with Gasteiger partial charge in [-0.2, -0.15) is 0 Å². The number of carbonyl (C=O) groups excluding carboxylic acids is 1. The molecule has 0 atom stereocenters. The molecule has 16 heavy (non-hydrogen) atoms. The van der Waals surface area contributed by atoms with Crippen LogP contribution in [0.15, 0.2) is 0 Å². The fourth-order valence-corrected chi connectivity index (χ4v) is 2.62. The van der Waals surface area contributed by atoms with Gasteiger partial charge in [0.05, 0.1) is 19.1 Å². The molecule has 2 aliphatic rings. The standard InChI is InChI=1S/C11H17F2NO2/c1-16-9(15)10(3-2-4-10)7-14-6-5-11(12,13)8-14/h2-8H2,1H3. The van der Waals surface area contributed by atoms with Gasteiger partial charge in [0.2, 0.25) is 0 Å². The van der Waals surface area contributed by atoms with Crippen molar-refractivity contribution in [2.75, 3.05) is 26.7 Å². The molecule has 0 aromatic rings. The molecule has 1 aliphatic heterocycles. The van der Waals surface area contributed by atoms with Crippen LogP contribution in [0.2, 0.25) is 0 Å². The van der Waals surface area contributed by atoms with Crippen LogP contribution in [0.25, 0.3) is 0 Å². The van der Waals surface area contributed by atoms with Crippen molar-refractivity contribution in [1.29, 1.82) is 0 Å². The van der Waals surface area contributed by atoms with E-state index < -0.39 is 11.3 Å². The zero-order chi connectivity index (χ0) is 11.8. The van der Waals surface area contributed by atoms with Gasteiger partial charge in [-0.3, -0.25) is 9.69 Å². The van der Waals surface area contributed by atoms with Crippen molar-refractivity contribution in [2.24, 2.45) is 5.41 Å². The van der Waals surface area contributed by atoms with Gasteiger partial charge in [0, 0.05) is 19.5 Å². The fraction of sp³-hybridized carbons (Fsp3) is 0.909. The largest absolute Gasteiger partial charge is 0.469 e. The number of hydrogen-bond donors (Lipinski definition) is 0. The van der Waals surface area contributed by atoms with E-state index in [9.17, 15) is 13.6 Å². The Morgan fingerprint density at radius 1 is 1.38 bits per heavy atom. The second kappa shape index (κ2) is 3.95. The predicted molar refractivity (Wildman–Crippen MR) is 54.3 cm³/mol. The lowest BCUT2D eigenvalue weighted by Crippen LogP contribution is -2.48. The Morgan fingerprint density at radius 2 is 2.06 bits per heavy atom. The monoisotopic (exact) mass is 233 g/mol. The zero-order valence-corrected chi connectivity index (χ0v) is 9.47. The number of hydrogen-bond acceptors (Lipinski definition) is 3. The Bertz CT molecular complexity index is 290. The highest BCUT2D eigenvalue weighted by molar-refractivity contribution is 5.78. The maximum absolute atomic E-state index is 13.0. The van der Waals surface area contributed by atoms with Crippen LogP contribution >= 0.6 is 0 Å². The third-order valence-electron chi connectivity index (χ3n) is 3.70. The van der Waals surface area contributed by atoms with Crippen molar-refractivity contribution in [1.82, 2.24) is 4.90 Å². The first kappa shape index (κ1) is 11.8. The van der Waals surface area contributed by atoms with Gasteiger partial charge in [0.25, 0.3) is 5.92 Å². The summed E-state index contributed by atoms with van der Waals surface area (Å²) in [6.07, 6.45) is 2.42. The molecule has 0 radical (unpaired) electrons. The van der Waals surface area contributed by atoms with E-state index in [2.05, 4.69) is 0 Å². The van der Waals surface area contributed by atoms with Gasteiger partial charge in [0.1, 0.15) is 0 Å². The molecule has 0 aromatic carbocycles. The first-order valence-corrected chi connectivity index (χ1v) is 5.66. The van der Waals surface area contributed by atoms with Gasteiger partial charge in [-0.15, -0.1) is 0 Å². The Balaban J connectivity index is 1.95. The first-order chi connectivity index (χ1) is 7.47. The summed E-state index contributed by atoms with van der Waals surface area (Å²) in [7, 11) is 1.36. The van der Waals surface area contributed by atoms with E-state index in [0.29, 0.717) is 13.1 Å². The second-order valence-electron chi connectivity index (χ2n) is 4.94. The van der Waals surface area contributed by atoms with E-state index in [1.54, 1.807) is 4.90 Å². The lowest BCUT2D eigenvalue weighted by atomic mass is 9.68. The zero-order valence-electron chi connectivity index (χ0n) is 9.47. The molecule has 1 saturated carbocycles. The summed E-state index contributed by atoms with van der Waals surface area (Å²) in [6.45, 7) is 0.590. The molecule has 1 saturated heterocycles. The quantitative estimate of drug-likeness (QED) is 0.694. The summed E-state index contributed by atoms with van der Waals surface area (Å²) in [4.78, 5) is 13.3. The van der Waals surface area contributed by atoms with Crippen LogP contribution in [0.5, 0.6) is 0 Å². The molecule has 2 fully saturated rings. The molecule has 0 unspecified atom stereocenters. The van der Waals surface area contributed by atoms with Gasteiger partial charge in [-0.05, 0) is 12.8 Å². The highest BCUT2D eigenvalue weighted by Crippen LogP contribution is 2.43. The highest BCUT2D eigenvalue weighted by atomic mass is 19.3. The molecule has 5 heteroatoms. The fourth-order valence-electron chi connectivity index (χ4n) is 2.62. The molecular weight excluding hydrogens is 216 g/mol. The summed E-state index contributed by atoms with van der Waals surface area (Å²) in [5, 5.41) is 0. The molecule has 2 rings (SSSR count). The van der Waals surface area contributed by atoms with E-state index in [4.69, 9.17) is 4.74 Å². The molecular formula is C11H17F2NO2. The van der Waals surface area contributed by atoms with E-state index in [-0.39, 0.29) is 18.9 Å². The van der Waals surface area contributed by atoms with Crippen molar-refractivity contribution >= 4 is 5.97 Å². The minimum absolute atomic E-state index is 0.0930. The van der Waals surface area contributed by atoms with Gasteiger partial charge < -0.3 is 4.74 Å². The number of nitrogens with zero attached hydrogens (tertiary/aromatic N) is 1. The topological polar surface area (TPSA) is 29.5 Å². The maximum atomic E-state index is 13.0. The predicted octanol–water partition coefficient (Wildman–Crippen LogP) is 1.67. The van der Waals surface area contributed by atoms with Crippen molar-refractivity contribution < 1.29 is 18.3 Å². The van der Waals surface area contributed by atoms with Crippen LogP contribution in [0, 0.1) is 5.41 Å². The number of esters is 1. The SMILES string of the molecule is COC(=O)C1(CN2CCC(F)(F)C2)CCC1. The number of methoxy groups -OCH3 is 1. The van der Waals surface area contributed by atoms with Gasteiger partial charge in [0.15, 0.2) is 0 Å². The minimum atomic E-state index is -2.58. The van der Waals surface area contributed by atoms with Crippen LogP contribution in [0.3, 0.4) is 0 Å². The number of carbonyl (C=O) groups is 1. The molecule has 0 aromatic heterocycles. The Hall–Kier alpha value is -0.710. The van der Waals surface area contributed by atoms with Crippen molar-refractivity contribution in [2.45, 2.75) is 31.6 Å². The summed E-state index contributed by atoms with van der Waals surface area (Å²) < 4.78 is 30.8. The molecule has 0 amide bonds. The second-order valence-corrected chi connectivity index (χ2v) is 4.94. The highest BCUT2D eigenvalue weighted by Gasteiger charge is 2.49. The van der Waals surface area contributed by atoms with Crippen LogP contribution in [0.4, 0.5) is 8.78 Å². The van der Waals surface area contributed by atoms with E-state index in [0.717, 1.165) is 19.3 Å². The normalized spacial score (nSPS) is 27.4. The van der Waals surface area contributed by atoms with Crippen molar-refractivity contribution in [3.05, 3.63) is 0 Å². The van der Waals surface area contributed by atoms with E-state index >= 15 is 0 Å². The van der Waals surface area contributed by atoms with Gasteiger partial charge >= 0.3 is 5.97 Å². The average molecular weight is 233 g/mol. The minimum Gasteiger partial charge on any atom is -0.469 e. The number of likely N-dealkylation sites (tertiary alicyclic amines) is 1. The molecule has 3 nitrogen and oxygen atoms in total. The van der Waals surface area contributed by atoms with Crippen molar-refractivity contribution in [3.63, 3.8) is 0 Å².